The van der Waals surface area contributed by atoms with E-state index >= 15 is 0 Å². The summed E-state index contributed by atoms with van der Waals surface area (Å²) in [5.41, 5.74) is 0.206. The number of halogens is 2. The smallest absolute Gasteiger partial charge is 0.230 e. The van der Waals surface area contributed by atoms with Gasteiger partial charge in [-0.2, -0.15) is 0 Å². The van der Waals surface area contributed by atoms with E-state index in [0.29, 0.717) is 17.5 Å². The summed E-state index contributed by atoms with van der Waals surface area (Å²) in [6.45, 7) is 0. The van der Waals surface area contributed by atoms with Gasteiger partial charge in [-0.1, -0.05) is 6.07 Å². The van der Waals surface area contributed by atoms with Gasteiger partial charge in [-0.25, -0.2) is 4.39 Å². The number of benzene rings is 1. The monoisotopic (exact) mass is 307 g/mol. The molecule has 0 radical (unpaired) electrons. The summed E-state index contributed by atoms with van der Waals surface area (Å²) in [4.78, 5) is 12.7. The van der Waals surface area contributed by atoms with Crippen LogP contribution in [0.3, 0.4) is 0 Å². The van der Waals surface area contributed by atoms with Crippen LogP contribution in [0.2, 0.25) is 0 Å². The zero-order valence-corrected chi connectivity index (χ0v) is 12.6. The van der Waals surface area contributed by atoms with Gasteiger partial charge in [0.25, 0.3) is 0 Å². The molecule has 21 heavy (non-hydrogen) atoms. The topological polar surface area (TPSA) is 29.1 Å². The fraction of sp³-hybridized carbons (Fsp3) is 0.588. The van der Waals surface area contributed by atoms with E-state index in [2.05, 4.69) is 5.32 Å². The van der Waals surface area contributed by atoms with Crippen LogP contribution in [0.15, 0.2) is 24.3 Å². The van der Waals surface area contributed by atoms with Gasteiger partial charge < -0.3 is 5.32 Å². The molecule has 4 fully saturated rings. The third kappa shape index (κ3) is 2.26. The fourth-order valence-electron chi connectivity index (χ4n) is 5.25. The van der Waals surface area contributed by atoms with Crippen LogP contribution >= 0.6 is 11.6 Å². The third-order valence-electron chi connectivity index (χ3n) is 5.55. The minimum Gasteiger partial charge on any atom is -0.326 e. The quantitative estimate of drug-likeness (QED) is 0.809. The molecule has 4 heteroatoms. The average molecular weight is 308 g/mol. The lowest BCUT2D eigenvalue weighted by molar-refractivity contribution is -0.138. The molecule has 1 aromatic carbocycles. The van der Waals surface area contributed by atoms with E-state index in [1.165, 1.54) is 18.6 Å². The highest BCUT2D eigenvalue weighted by molar-refractivity contribution is 6.24. The van der Waals surface area contributed by atoms with Crippen LogP contribution in [0, 0.1) is 23.1 Å². The average Bonchev–Trinajstić information content (AvgIpc) is 2.35. The SMILES string of the molecule is O=C(Nc1cccc(F)c1)C12C[C@@H]3C[C@@H](CC(Cl)(C3)C1)C2. The maximum atomic E-state index is 13.3. The minimum absolute atomic E-state index is 0.0345. The number of hydrogen-bond acceptors (Lipinski definition) is 1. The van der Waals surface area contributed by atoms with Crippen LogP contribution in [0.5, 0.6) is 0 Å². The number of alkyl halides is 1. The molecule has 0 aliphatic heterocycles. The Bertz CT molecular complexity index is 588. The van der Waals surface area contributed by atoms with Gasteiger partial charge in [0.05, 0.1) is 5.41 Å². The first-order valence-electron chi connectivity index (χ1n) is 7.72. The Hall–Kier alpha value is -1.09. The number of rotatable bonds is 2. The molecule has 1 aromatic rings. The van der Waals surface area contributed by atoms with E-state index in [1.54, 1.807) is 12.1 Å². The van der Waals surface area contributed by atoms with E-state index in [1.807, 2.05) is 0 Å². The van der Waals surface area contributed by atoms with Gasteiger partial charge in [-0.3, -0.25) is 4.79 Å². The first kappa shape index (κ1) is 13.6. The van der Waals surface area contributed by atoms with Crippen LogP contribution in [-0.2, 0) is 4.79 Å². The van der Waals surface area contributed by atoms with Crippen LogP contribution in [0.1, 0.15) is 38.5 Å². The summed E-state index contributed by atoms with van der Waals surface area (Å²) < 4.78 is 13.3. The van der Waals surface area contributed by atoms with Gasteiger partial charge >= 0.3 is 0 Å². The Kier molecular flexibility index (Phi) is 2.88. The molecule has 4 aliphatic rings. The number of carbonyl (C=O) groups excluding carboxylic acids is 1. The Balaban J connectivity index is 1.59. The molecule has 112 valence electrons. The molecule has 2 unspecified atom stereocenters. The highest BCUT2D eigenvalue weighted by Gasteiger charge is 2.60. The lowest BCUT2D eigenvalue weighted by atomic mass is 9.49. The summed E-state index contributed by atoms with van der Waals surface area (Å²) in [7, 11) is 0. The van der Waals surface area contributed by atoms with Crippen LogP contribution < -0.4 is 5.32 Å². The minimum atomic E-state index is -0.335. The van der Waals surface area contributed by atoms with Crippen molar-refractivity contribution in [1.82, 2.24) is 0 Å². The summed E-state index contributed by atoms with van der Waals surface area (Å²) >= 11 is 6.75. The maximum Gasteiger partial charge on any atom is 0.230 e. The van der Waals surface area contributed by atoms with Crippen molar-refractivity contribution >= 4 is 23.2 Å². The first-order chi connectivity index (χ1) is 9.96. The normalized spacial score (nSPS) is 40.3. The van der Waals surface area contributed by atoms with E-state index in [0.717, 1.165) is 32.1 Å². The van der Waals surface area contributed by atoms with Crippen LogP contribution in [0.4, 0.5) is 10.1 Å². The highest BCUT2D eigenvalue weighted by atomic mass is 35.5. The van der Waals surface area contributed by atoms with Crippen molar-refractivity contribution in [2.75, 3.05) is 5.32 Å². The molecule has 4 saturated carbocycles. The van der Waals surface area contributed by atoms with Gasteiger partial charge in [-0.05, 0) is 68.6 Å². The Morgan fingerprint density at radius 2 is 1.95 bits per heavy atom. The summed E-state index contributed by atoms with van der Waals surface area (Å²) in [5, 5.41) is 2.92. The summed E-state index contributed by atoms with van der Waals surface area (Å²) in [5.74, 6) is 0.878. The van der Waals surface area contributed by atoms with Gasteiger partial charge in [0.15, 0.2) is 0 Å². The predicted octanol–water partition coefficient (Wildman–Crippen LogP) is 4.34. The molecule has 4 bridgehead atoms. The molecule has 1 amide bonds. The zero-order valence-electron chi connectivity index (χ0n) is 11.9. The molecule has 5 rings (SSSR count). The Morgan fingerprint density at radius 1 is 1.24 bits per heavy atom. The predicted molar refractivity (Wildman–Crippen MR) is 80.7 cm³/mol. The molecule has 4 aliphatic carbocycles. The second-order valence-corrected chi connectivity index (χ2v) is 8.16. The number of hydrogen-bond donors (Lipinski definition) is 1. The molecule has 0 spiro atoms. The number of carbonyl (C=O) groups is 1. The first-order valence-corrected chi connectivity index (χ1v) is 8.10. The molecule has 1 N–H and O–H groups in total. The fourth-order valence-corrected chi connectivity index (χ4v) is 5.94. The Labute approximate surface area is 129 Å². The summed E-state index contributed by atoms with van der Waals surface area (Å²) in [6, 6.07) is 6.11. The van der Waals surface area contributed by atoms with Crippen molar-refractivity contribution in [3.8, 4) is 0 Å². The molecular weight excluding hydrogens is 289 g/mol. The van der Waals surface area contributed by atoms with E-state index in [4.69, 9.17) is 11.6 Å². The van der Waals surface area contributed by atoms with Crippen molar-refractivity contribution in [2.24, 2.45) is 17.3 Å². The van der Waals surface area contributed by atoms with Gasteiger partial charge in [0.1, 0.15) is 5.82 Å². The largest absolute Gasteiger partial charge is 0.326 e. The second kappa shape index (κ2) is 4.45. The number of anilines is 1. The lowest BCUT2D eigenvalue weighted by Crippen LogP contribution is -2.57. The van der Waals surface area contributed by atoms with E-state index in [9.17, 15) is 9.18 Å². The van der Waals surface area contributed by atoms with Crippen molar-refractivity contribution in [3.05, 3.63) is 30.1 Å². The molecular formula is C17H19ClFNO. The van der Waals surface area contributed by atoms with Crippen molar-refractivity contribution in [3.63, 3.8) is 0 Å². The van der Waals surface area contributed by atoms with E-state index in [-0.39, 0.29) is 22.0 Å². The van der Waals surface area contributed by atoms with E-state index < -0.39 is 0 Å². The highest BCUT2D eigenvalue weighted by Crippen LogP contribution is 2.64. The molecule has 0 saturated heterocycles. The van der Waals surface area contributed by atoms with Crippen LogP contribution in [-0.4, -0.2) is 10.8 Å². The Morgan fingerprint density at radius 3 is 2.57 bits per heavy atom. The summed E-state index contributed by atoms with van der Waals surface area (Å²) in [6.07, 6.45) is 6.00. The number of nitrogens with one attached hydrogen (secondary N) is 1. The molecule has 0 aromatic heterocycles. The van der Waals surface area contributed by atoms with Crippen molar-refractivity contribution in [2.45, 2.75) is 43.4 Å². The lowest BCUT2D eigenvalue weighted by Gasteiger charge is -2.59. The van der Waals surface area contributed by atoms with Gasteiger partial charge in [0, 0.05) is 10.6 Å². The standard InChI is InChI=1S/C17H19ClFNO/c18-17-8-11-4-12(9-17)7-16(6-11,10-17)15(21)20-14-3-1-2-13(19)5-14/h1-3,5,11-12H,4,6-10H2,(H,20,21)/t11-,12+,16?,17?. The third-order valence-corrected chi connectivity index (χ3v) is 6.00. The molecule has 0 heterocycles. The molecule has 4 atom stereocenters. The number of amides is 1. The molecule has 2 nitrogen and oxygen atoms in total. The second-order valence-electron chi connectivity index (χ2n) is 7.36. The maximum absolute atomic E-state index is 13.3. The van der Waals surface area contributed by atoms with Crippen molar-refractivity contribution in [1.29, 1.82) is 0 Å². The van der Waals surface area contributed by atoms with Crippen LogP contribution in [0.25, 0.3) is 0 Å². The van der Waals surface area contributed by atoms with Crippen molar-refractivity contribution < 1.29 is 9.18 Å². The van der Waals surface area contributed by atoms with Gasteiger partial charge in [0.2, 0.25) is 5.91 Å². The van der Waals surface area contributed by atoms with Gasteiger partial charge in [-0.15, -0.1) is 11.6 Å². The zero-order chi connectivity index (χ0) is 14.7.